The van der Waals surface area contributed by atoms with Gasteiger partial charge < -0.3 is 5.11 Å². The molecule has 1 aromatic carbocycles. The van der Waals surface area contributed by atoms with Crippen molar-refractivity contribution in [1.29, 1.82) is 0 Å². The molecular formula is C29H31F5O3. The van der Waals surface area contributed by atoms with Gasteiger partial charge in [0.2, 0.25) is 0 Å². The highest BCUT2D eigenvalue weighted by Crippen LogP contribution is 2.75. The van der Waals surface area contributed by atoms with Crippen LogP contribution in [0.3, 0.4) is 0 Å². The molecule has 0 unspecified atom stereocenters. The van der Waals surface area contributed by atoms with Crippen LogP contribution in [0.5, 0.6) is 0 Å². The van der Waals surface area contributed by atoms with Crippen molar-refractivity contribution in [3.05, 3.63) is 46.5 Å². The van der Waals surface area contributed by atoms with Gasteiger partial charge in [-0.05, 0) is 104 Å². The molecule has 0 heterocycles. The van der Waals surface area contributed by atoms with Gasteiger partial charge in [-0.15, -0.1) is 0 Å². The van der Waals surface area contributed by atoms with Crippen LogP contribution in [0.2, 0.25) is 0 Å². The second kappa shape index (κ2) is 7.51. The maximum atomic E-state index is 15.1. The first-order valence-corrected chi connectivity index (χ1v) is 13.2. The number of hydrogen-bond donors (Lipinski definition) is 1. The Hall–Kier alpha value is -2.09. The average molecular weight is 523 g/mol. The highest BCUT2D eigenvalue weighted by molar-refractivity contribution is 5.94. The predicted molar refractivity (Wildman–Crippen MR) is 125 cm³/mol. The number of fused-ring (bicyclic) bond motifs is 4. The first-order chi connectivity index (χ1) is 17.2. The van der Waals surface area contributed by atoms with Crippen molar-refractivity contribution in [3.63, 3.8) is 0 Å². The molecule has 0 aromatic heterocycles. The van der Waals surface area contributed by atoms with Crippen LogP contribution in [-0.2, 0) is 11.2 Å². The quantitative estimate of drug-likeness (QED) is 0.353. The van der Waals surface area contributed by atoms with Crippen molar-refractivity contribution >= 4 is 11.6 Å². The monoisotopic (exact) mass is 522 g/mol. The van der Waals surface area contributed by atoms with Crippen LogP contribution < -0.4 is 0 Å². The van der Waals surface area contributed by atoms with E-state index in [9.17, 15) is 27.9 Å². The largest absolute Gasteiger partial charge is 0.456 e. The molecule has 0 amide bonds. The number of carbonyl (C=O) groups is 2. The first-order valence-electron chi connectivity index (χ1n) is 13.2. The fourth-order valence-corrected chi connectivity index (χ4v) is 9.58. The molecule has 0 radical (unpaired) electrons. The molecule has 7 atom stereocenters. The SMILES string of the molecule is CC(=O)c1ccc2c(c1)C[C@]13CCC(=O)C=C1CC[C@@H]1[C@@H]3[C@@H]2C[C@@]2(C)[C@H]1CC[C@@]2(O)C(F)(F)C(F)(F)F. The van der Waals surface area contributed by atoms with Gasteiger partial charge in [0.25, 0.3) is 0 Å². The van der Waals surface area contributed by atoms with Gasteiger partial charge in [-0.3, -0.25) is 9.59 Å². The number of ketones is 2. The van der Waals surface area contributed by atoms with Crippen molar-refractivity contribution in [1.82, 2.24) is 0 Å². The number of alkyl halides is 5. The second-order valence-electron chi connectivity index (χ2n) is 12.5. The summed E-state index contributed by atoms with van der Waals surface area (Å²) in [6.07, 6.45) is -1.75. The minimum Gasteiger partial charge on any atom is -0.383 e. The van der Waals surface area contributed by atoms with Crippen molar-refractivity contribution in [2.45, 2.75) is 88.8 Å². The number of halogens is 5. The van der Waals surface area contributed by atoms with Gasteiger partial charge in [-0.2, -0.15) is 22.0 Å². The average Bonchev–Trinajstić information content (AvgIpc) is 3.10. The van der Waals surface area contributed by atoms with Crippen LogP contribution >= 0.6 is 0 Å². The lowest BCUT2D eigenvalue weighted by molar-refractivity contribution is -0.364. The van der Waals surface area contributed by atoms with Crippen molar-refractivity contribution in [2.75, 3.05) is 0 Å². The lowest BCUT2D eigenvalue weighted by Gasteiger charge is -2.65. The Morgan fingerprint density at radius 1 is 1.08 bits per heavy atom. The van der Waals surface area contributed by atoms with E-state index in [2.05, 4.69) is 0 Å². The Bertz CT molecular complexity index is 1230. The third kappa shape index (κ3) is 3.02. The highest BCUT2D eigenvalue weighted by Gasteiger charge is 2.80. The van der Waals surface area contributed by atoms with E-state index in [-0.39, 0.29) is 47.6 Å². The topological polar surface area (TPSA) is 54.4 Å². The number of Topliss-reactive ketones (excluding diaryl/α,β-unsaturated/α-hetero) is 1. The van der Waals surface area contributed by atoms with E-state index < -0.39 is 35.5 Å². The molecular weight excluding hydrogens is 491 g/mol. The standard InChI is InChI=1S/C29H31F5O3/c1-15(35)16-3-5-20-17(11-16)13-26-9-7-19(36)12-18(26)4-6-21-23-8-10-27(37,28(30,31)29(32,33)34)25(23,2)14-22(20)24(21)26/h3,5,11-12,21-24,37H,4,6-10,13-14H2,1-2H3/t21-,22+,23-,24+,25-,26+,27-/m0/s1. The van der Waals surface area contributed by atoms with Crippen LogP contribution in [0.15, 0.2) is 29.8 Å². The zero-order valence-electron chi connectivity index (χ0n) is 20.9. The first kappa shape index (κ1) is 25.2. The van der Waals surface area contributed by atoms with Crippen LogP contribution in [0, 0.1) is 28.6 Å². The lowest BCUT2D eigenvalue weighted by Crippen LogP contribution is -2.67. The summed E-state index contributed by atoms with van der Waals surface area (Å²) in [6, 6.07) is 5.38. The zero-order valence-corrected chi connectivity index (χ0v) is 20.9. The summed E-state index contributed by atoms with van der Waals surface area (Å²) in [5.41, 5.74) is -1.84. The van der Waals surface area contributed by atoms with Gasteiger partial charge in [0, 0.05) is 17.4 Å². The zero-order chi connectivity index (χ0) is 26.8. The number of allylic oxidation sites excluding steroid dienone is 1. The molecule has 3 saturated carbocycles. The van der Waals surface area contributed by atoms with Crippen LogP contribution in [0.1, 0.15) is 86.2 Å². The van der Waals surface area contributed by atoms with E-state index in [0.29, 0.717) is 37.7 Å². The molecule has 0 aliphatic heterocycles. The summed E-state index contributed by atoms with van der Waals surface area (Å²) in [5.74, 6) is -6.23. The second-order valence-corrected chi connectivity index (χ2v) is 12.5. The van der Waals surface area contributed by atoms with Crippen molar-refractivity contribution in [3.8, 4) is 0 Å². The van der Waals surface area contributed by atoms with Crippen molar-refractivity contribution < 1.29 is 36.6 Å². The summed E-state index contributed by atoms with van der Waals surface area (Å²) in [4.78, 5) is 24.6. The van der Waals surface area contributed by atoms with Crippen molar-refractivity contribution in [2.24, 2.45) is 28.6 Å². The smallest absolute Gasteiger partial charge is 0.383 e. The Kier molecular flexibility index (Phi) is 5.12. The van der Waals surface area contributed by atoms with Gasteiger partial charge in [0.1, 0.15) is 5.60 Å². The highest BCUT2D eigenvalue weighted by atomic mass is 19.4. The number of hydrogen-bond acceptors (Lipinski definition) is 3. The van der Waals surface area contributed by atoms with Crippen LogP contribution in [-0.4, -0.2) is 34.4 Å². The molecule has 0 saturated heterocycles. The van der Waals surface area contributed by atoms with Gasteiger partial charge in [-0.1, -0.05) is 24.6 Å². The minimum absolute atomic E-state index is 0.00351. The van der Waals surface area contributed by atoms with Gasteiger partial charge >= 0.3 is 12.1 Å². The van der Waals surface area contributed by atoms with Crippen LogP contribution in [0.4, 0.5) is 22.0 Å². The molecule has 37 heavy (non-hydrogen) atoms. The summed E-state index contributed by atoms with van der Waals surface area (Å²) in [6.45, 7) is 2.91. The molecule has 3 nitrogen and oxygen atoms in total. The van der Waals surface area contributed by atoms with E-state index in [0.717, 1.165) is 16.7 Å². The molecule has 0 bridgehead atoms. The third-order valence-corrected chi connectivity index (χ3v) is 11.1. The lowest BCUT2D eigenvalue weighted by atomic mass is 9.39. The summed E-state index contributed by atoms with van der Waals surface area (Å²) in [7, 11) is 0. The van der Waals surface area contributed by atoms with E-state index >= 15 is 8.78 Å². The predicted octanol–water partition coefficient (Wildman–Crippen LogP) is 6.58. The Morgan fingerprint density at radius 2 is 1.81 bits per heavy atom. The van der Waals surface area contributed by atoms with E-state index in [1.54, 1.807) is 12.1 Å². The van der Waals surface area contributed by atoms with E-state index in [4.69, 9.17) is 0 Å². The van der Waals surface area contributed by atoms with Crippen LogP contribution in [0.25, 0.3) is 0 Å². The molecule has 5 aliphatic carbocycles. The summed E-state index contributed by atoms with van der Waals surface area (Å²) >= 11 is 0. The Labute approximate surface area is 212 Å². The normalized spacial score (nSPS) is 40.8. The van der Waals surface area contributed by atoms with E-state index in [1.165, 1.54) is 13.8 Å². The number of aliphatic hydroxyl groups is 1. The summed E-state index contributed by atoms with van der Waals surface area (Å²) in [5, 5.41) is 11.4. The molecule has 5 aliphatic rings. The molecule has 6 rings (SSSR count). The molecule has 1 spiro atoms. The molecule has 8 heteroatoms. The maximum Gasteiger partial charge on any atom is 0.456 e. The van der Waals surface area contributed by atoms with Gasteiger partial charge in [-0.25, -0.2) is 0 Å². The molecule has 1 aromatic rings. The number of carbonyl (C=O) groups excluding carboxylic acids is 2. The van der Waals surface area contributed by atoms with Gasteiger partial charge in [0.05, 0.1) is 0 Å². The molecule has 200 valence electrons. The Morgan fingerprint density at radius 3 is 2.49 bits per heavy atom. The van der Waals surface area contributed by atoms with Gasteiger partial charge in [0.15, 0.2) is 11.6 Å². The fraction of sp³-hybridized carbons (Fsp3) is 0.655. The minimum atomic E-state index is -5.86. The third-order valence-electron chi connectivity index (χ3n) is 11.1. The molecule has 3 fully saturated rings. The number of benzene rings is 1. The number of rotatable bonds is 2. The summed E-state index contributed by atoms with van der Waals surface area (Å²) < 4.78 is 71.2. The fourth-order valence-electron chi connectivity index (χ4n) is 9.58. The maximum absolute atomic E-state index is 15.1. The molecule has 1 N–H and O–H groups in total. The van der Waals surface area contributed by atoms with E-state index in [1.807, 2.05) is 12.1 Å². The Balaban J connectivity index is 1.55.